The van der Waals surface area contributed by atoms with E-state index < -0.39 is 0 Å². The molecule has 2 rings (SSSR count). The zero-order valence-electron chi connectivity index (χ0n) is 16.3. The number of aliphatic imine (C=N–C) groups is 1. The average molecular weight is 378 g/mol. The molecule has 1 amide bonds. The van der Waals surface area contributed by atoms with Gasteiger partial charge in [0, 0.05) is 33.3 Å². The summed E-state index contributed by atoms with van der Waals surface area (Å²) in [4.78, 5) is 18.5. The number of benzene rings is 1. The second-order valence-corrected chi connectivity index (χ2v) is 6.83. The van der Waals surface area contributed by atoms with Crippen LogP contribution < -0.4 is 10.6 Å². The fourth-order valence-electron chi connectivity index (χ4n) is 2.56. The van der Waals surface area contributed by atoms with Gasteiger partial charge in [0.05, 0.1) is 19.6 Å². The van der Waals surface area contributed by atoms with E-state index in [1.807, 2.05) is 18.9 Å². The van der Waals surface area contributed by atoms with Crippen molar-refractivity contribution in [1.82, 2.24) is 15.5 Å². The van der Waals surface area contributed by atoms with Crippen molar-refractivity contribution in [3.8, 4) is 0 Å². The van der Waals surface area contributed by atoms with Crippen LogP contribution in [0.25, 0.3) is 0 Å². The van der Waals surface area contributed by atoms with Crippen LogP contribution in [0.4, 0.5) is 4.39 Å². The lowest BCUT2D eigenvalue weighted by molar-refractivity contribution is -0.120. The molecule has 2 N–H and O–H groups in total. The van der Waals surface area contributed by atoms with Crippen molar-refractivity contribution in [1.29, 1.82) is 0 Å². The second kappa shape index (κ2) is 11.5. The lowest BCUT2D eigenvalue weighted by Crippen LogP contribution is -2.41. The molecule has 1 fully saturated rings. The van der Waals surface area contributed by atoms with Crippen LogP contribution in [0.15, 0.2) is 29.3 Å². The molecular weight excluding hydrogens is 347 g/mol. The van der Waals surface area contributed by atoms with E-state index in [0.29, 0.717) is 25.3 Å². The highest BCUT2D eigenvalue weighted by Crippen LogP contribution is 2.28. The average Bonchev–Trinajstić information content (AvgIpc) is 3.45. The maximum atomic E-state index is 13.1. The van der Waals surface area contributed by atoms with Crippen LogP contribution in [0.1, 0.15) is 25.3 Å². The molecular formula is C20H31FN4O2. The van der Waals surface area contributed by atoms with E-state index in [2.05, 4.69) is 15.6 Å². The van der Waals surface area contributed by atoms with E-state index in [-0.39, 0.29) is 18.1 Å². The summed E-state index contributed by atoms with van der Waals surface area (Å²) in [5, 5.41) is 6.06. The molecule has 1 aromatic carbocycles. The summed E-state index contributed by atoms with van der Waals surface area (Å²) in [6, 6.07) is 6.09. The standard InChI is InChI=1S/C20H31FN4O2/c1-3-22-20(25(2)11-12-27-15-16-7-8-16)24-10-9-23-19(26)14-17-5-4-6-18(21)13-17/h4-6,13,16H,3,7-12,14-15H2,1-2H3,(H,22,24)(H,23,26). The van der Waals surface area contributed by atoms with Crippen molar-refractivity contribution >= 4 is 11.9 Å². The highest BCUT2D eigenvalue weighted by Gasteiger charge is 2.21. The van der Waals surface area contributed by atoms with Gasteiger partial charge < -0.3 is 20.3 Å². The van der Waals surface area contributed by atoms with E-state index in [0.717, 1.165) is 31.6 Å². The van der Waals surface area contributed by atoms with Gasteiger partial charge >= 0.3 is 0 Å². The van der Waals surface area contributed by atoms with Crippen LogP contribution in [-0.4, -0.2) is 63.2 Å². The van der Waals surface area contributed by atoms with Gasteiger partial charge in [-0.15, -0.1) is 0 Å². The number of halogens is 1. The number of hydrogen-bond donors (Lipinski definition) is 2. The molecule has 0 aromatic heterocycles. The Balaban J connectivity index is 1.67. The largest absolute Gasteiger partial charge is 0.379 e. The van der Waals surface area contributed by atoms with Gasteiger partial charge in [0.1, 0.15) is 5.82 Å². The van der Waals surface area contributed by atoms with Gasteiger partial charge in [-0.1, -0.05) is 12.1 Å². The Morgan fingerprint density at radius 2 is 2.19 bits per heavy atom. The monoisotopic (exact) mass is 378 g/mol. The summed E-state index contributed by atoms with van der Waals surface area (Å²) in [6.07, 6.45) is 2.76. The Bertz CT molecular complexity index is 620. The van der Waals surface area contributed by atoms with Gasteiger partial charge in [-0.2, -0.15) is 0 Å². The number of amides is 1. The van der Waals surface area contributed by atoms with Crippen LogP contribution in [0.2, 0.25) is 0 Å². The minimum absolute atomic E-state index is 0.136. The highest BCUT2D eigenvalue weighted by molar-refractivity contribution is 5.80. The molecule has 27 heavy (non-hydrogen) atoms. The molecule has 0 heterocycles. The first-order chi connectivity index (χ1) is 13.1. The Morgan fingerprint density at radius 3 is 2.89 bits per heavy atom. The summed E-state index contributed by atoms with van der Waals surface area (Å²) in [5.41, 5.74) is 0.662. The molecule has 0 saturated heterocycles. The third-order valence-electron chi connectivity index (χ3n) is 4.27. The number of carbonyl (C=O) groups is 1. The number of nitrogens with one attached hydrogen (secondary N) is 2. The maximum absolute atomic E-state index is 13.1. The van der Waals surface area contributed by atoms with Gasteiger partial charge in [-0.3, -0.25) is 9.79 Å². The molecule has 1 aromatic rings. The van der Waals surface area contributed by atoms with Crippen LogP contribution >= 0.6 is 0 Å². The summed E-state index contributed by atoms with van der Waals surface area (Å²) in [5.74, 6) is 1.10. The molecule has 1 saturated carbocycles. The molecule has 0 atom stereocenters. The number of ether oxygens (including phenoxy) is 1. The smallest absolute Gasteiger partial charge is 0.224 e. The number of nitrogens with zero attached hydrogens (tertiary/aromatic N) is 2. The number of guanidine groups is 1. The Hall–Kier alpha value is -2.15. The summed E-state index contributed by atoms with van der Waals surface area (Å²) >= 11 is 0. The topological polar surface area (TPSA) is 66.0 Å². The normalized spacial score (nSPS) is 14.1. The van der Waals surface area contributed by atoms with E-state index in [1.165, 1.54) is 25.0 Å². The van der Waals surface area contributed by atoms with Gasteiger partial charge in [0.25, 0.3) is 0 Å². The van der Waals surface area contributed by atoms with Crippen molar-refractivity contribution in [2.24, 2.45) is 10.9 Å². The summed E-state index contributed by atoms with van der Waals surface area (Å²) in [6.45, 7) is 6.02. The summed E-state index contributed by atoms with van der Waals surface area (Å²) in [7, 11) is 1.98. The summed E-state index contributed by atoms with van der Waals surface area (Å²) < 4.78 is 18.8. The SMILES string of the molecule is CCNC(=NCCNC(=O)Cc1cccc(F)c1)N(C)CCOCC1CC1. The fourth-order valence-corrected chi connectivity index (χ4v) is 2.56. The number of likely N-dealkylation sites (N-methyl/N-ethyl adjacent to an activating group) is 1. The van der Waals surface area contributed by atoms with Crippen molar-refractivity contribution < 1.29 is 13.9 Å². The first-order valence-corrected chi connectivity index (χ1v) is 9.66. The molecule has 0 spiro atoms. The molecule has 0 unspecified atom stereocenters. The predicted octanol–water partition coefficient (Wildman–Crippen LogP) is 1.81. The zero-order chi connectivity index (χ0) is 19.5. The lowest BCUT2D eigenvalue weighted by atomic mass is 10.1. The van der Waals surface area contributed by atoms with Gasteiger partial charge in [-0.25, -0.2) is 4.39 Å². The van der Waals surface area contributed by atoms with Crippen LogP contribution in [0.3, 0.4) is 0 Å². The molecule has 7 heteroatoms. The Morgan fingerprint density at radius 1 is 1.37 bits per heavy atom. The minimum atomic E-state index is -0.329. The Labute approximate surface area is 161 Å². The molecule has 0 aliphatic heterocycles. The molecule has 150 valence electrons. The molecule has 0 radical (unpaired) electrons. The van der Waals surface area contributed by atoms with E-state index in [1.54, 1.807) is 12.1 Å². The molecule has 1 aliphatic carbocycles. The fraction of sp³-hybridized carbons (Fsp3) is 0.600. The van der Waals surface area contributed by atoms with Gasteiger partial charge in [0.2, 0.25) is 5.91 Å². The van der Waals surface area contributed by atoms with Crippen molar-refractivity contribution in [2.75, 3.05) is 46.4 Å². The number of hydrogen-bond acceptors (Lipinski definition) is 3. The predicted molar refractivity (Wildman–Crippen MR) is 105 cm³/mol. The molecule has 6 nitrogen and oxygen atoms in total. The van der Waals surface area contributed by atoms with Crippen molar-refractivity contribution in [3.63, 3.8) is 0 Å². The first-order valence-electron chi connectivity index (χ1n) is 9.66. The van der Waals surface area contributed by atoms with Crippen molar-refractivity contribution in [3.05, 3.63) is 35.6 Å². The minimum Gasteiger partial charge on any atom is -0.379 e. The van der Waals surface area contributed by atoms with Gasteiger partial charge in [0.15, 0.2) is 5.96 Å². The Kier molecular flexibility index (Phi) is 9.04. The van der Waals surface area contributed by atoms with Crippen molar-refractivity contribution in [2.45, 2.75) is 26.2 Å². The molecule has 1 aliphatic rings. The number of carbonyl (C=O) groups excluding carboxylic acids is 1. The highest BCUT2D eigenvalue weighted by atomic mass is 19.1. The van der Waals surface area contributed by atoms with Gasteiger partial charge in [-0.05, 0) is 43.4 Å². The van der Waals surface area contributed by atoms with Crippen LogP contribution in [0.5, 0.6) is 0 Å². The number of rotatable bonds is 11. The van der Waals surface area contributed by atoms with Crippen LogP contribution in [0, 0.1) is 11.7 Å². The third kappa shape index (κ3) is 8.86. The van der Waals surface area contributed by atoms with E-state index in [9.17, 15) is 9.18 Å². The molecule has 0 bridgehead atoms. The third-order valence-corrected chi connectivity index (χ3v) is 4.27. The first kappa shape index (κ1) is 21.2. The van der Waals surface area contributed by atoms with E-state index >= 15 is 0 Å². The van der Waals surface area contributed by atoms with Crippen LogP contribution in [-0.2, 0) is 16.0 Å². The maximum Gasteiger partial charge on any atom is 0.224 e. The lowest BCUT2D eigenvalue weighted by Gasteiger charge is -2.22. The quantitative estimate of drug-likeness (QED) is 0.350. The second-order valence-electron chi connectivity index (χ2n) is 6.83. The zero-order valence-corrected chi connectivity index (χ0v) is 16.3. The van der Waals surface area contributed by atoms with E-state index in [4.69, 9.17) is 4.74 Å².